The van der Waals surface area contributed by atoms with Crippen molar-refractivity contribution in [1.82, 2.24) is 10.6 Å². The minimum absolute atomic E-state index is 0.314. The number of amides is 1. The first-order valence-electron chi connectivity index (χ1n) is 4.06. The van der Waals surface area contributed by atoms with Crippen LogP contribution in [0.25, 0.3) is 0 Å². The second kappa shape index (κ2) is 4.01. The molecule has 6 heteroatoms. The number of likely N-dealkylation sites (N-methyl/N-ethyl adjacent to an activating group) is 1. The molecule has 0 aromatic carbocycles. The van der Waals surface area contributed by atoms with Gasteiger partial charge in [-0.15, -0.1) is 0 Å². The van der Waals surface area contributed by atoms with Crippen LogP contribution in [0.1, 0.15) is 0 Å². The summed E-state index contributed by atoms with van der Waals surface area (Å²) < 4.78 is 0. The number of carbonyl (C=O) groups is 1. The maximum absolute atomic E-state index is 11.1. The van der Waals surface area contributed by atoms with Crippen molar-refractivity contribution in [2.24, 2.45) is 0 Å². The molecule has 0 aromatic rings. The summed E-state index contributed by atoms with van der Waals surface area (Å²) in [6.45, 7) is -0.314. The first-order valence-corrected chi connectivity index (χ1v) is 4.06. The van der Waals surface area contributed by atoms with Crippen molar-refractivity contribution in [3.05, 3.63) is 0 Å². The van der Waals surface area contributed by atoms with E-state index in [0.717, 1.165) is 0 Å². The summed E-state index contributed by atoms with van der Waals surface area (Å²) in [4.78, 5) is 11.1. The SMILES string of the molecule is CNC(=O)[C@H]1N[C@@H](CO)[C@@H](O)[C@H]1O. The van der Waals surface area contributed by atoms with Crippen molar-refractivity contribution in [3.8, 4) is 0 Å². The van der Waals surface area contributed by atoms with Crippen LogP contribution in [0.5, 0.6) is 0 Å². The lowest BCUT2D eigenvalue weighted by atomic mass is 10.1. The summed E-state index contributed by atoms with van der Waals surface area (Å²) in [5, 5.41) is 32.4. The van der Waals surface area contributed by atoms with Gasteiger partial charge in [0.1, 0.15) is 12.1 Å². The van der Waals surface area contributed by atoms with Gasteiger partial charge in [0.25, 0.3) is 0 Å². The van der Waals surface area contributed by atoms with Crippen LogP contribution in [0.4, 0.5) is 0 Å². The van der Waals surface area contributed by atoms with Gasteiger partial charge < -0.3 is 20.6 Å². The second-order valence-corrected chi connectivity index (χ2v) is 3.03. The van der Waals surface area contributed by atoms with Crippen LogP contribution in [0.2, 0.25) is 0 Å². The maximum Gasteiger partial charge on any atom is 0.239 e. The lowest BCUT2D eigenvalue weighted by Gasteiger charge is -2.13. The molecule has 0 aromatic heterocycles. The molecule has 0 aliphatic carbocycles. The highest BCUT2D eigenvalue weighted by atomic mass is 16.3. The molecule has 0 spiro atoms. The predicted molar refractivity (Wildman–Crippen MR) is 43.9 cm³/mol. The van der Waals surface area contributed by atoms with Crippen molar-refractivity contribution in [2.75, 3.05) is 13.7 Å². The smallest absolute Gasteiger partial charge is 0.239 e. The topological polar surface area (TPSA) is 102 Å². The Labute approximate surface area is 75.6 Å². The van der Waals surface area contributed by atoms with E-state index in [-0.39, 0.29) is 6.61 Å². The molecule has 13 heavy (non-hydrogen) atoms. The van der Waals surface area contributed by atoms with Gasteiger partial charge in [-0.25, -0.2) is 0 Å². The van der Waals surface area contributed by atoms with E-state index in [1.807, 2.05) is 0 Å². The molecule has 1 heterocycles. The quantitative estimate of drug-likeness (QED) is 0.315. The fraction of sp³-hybridized carbons (Fsp3) is 0.857. The van der Waals surface area contributed by atoms with Gasteiger partial charge in [0, 0.05) is 7.05 Å². The van der Waals surface area contributed by atoms with Gasteiger partial charge in [-0.05, 0) is 0 Å². The highest BCUT2D eigenvalue weighted by Crippen LogP contribution is 2.14. The minimum atomic E-state index is -1.17. The van der Waals surface area contributed by atoms with E-state index in [2.05, 4.69) is 10.6 Å². The summed E-state index contributed by atoms with van der Waals surface area (Å²) in [5.74, 6) is -0.400. The van der Waals surface area contributed by atoms with Crippen molar-refractivity contribution in [2.45, 2.75) is 24.3 Å². The summed E-state index contributed by atoms with van der Waals surface area (Å²) in [6.07, 6.45) is -2.27. The summed E-state index contributed by atoms with van der Waals surface area (Å²) in [6, 6.07) is -1.49. The van der Waals surface area contributed by atoms with Gasteiger partial charge >= 0.3 is 0 Å². The number of nitrogens with one attached hydrogen (secondary N) is 2. The van der Waals surface area contributed by atoms with Gasteiger partial charge in [-0.1, -0.05) is 0 Å². The van der Waals surface area contributed by atoms with Crippen LogP contribution in [0.3, 0.4) is 0 Å². The van der Waals surface area contributed by atoms with E-state index < -0.39 is 30.2 Å². The number of carbonyl (C=O) groups excluding carboxylic acids is 1. The van der Waals surface area contributed by atoms with E-state index in [9.17, 15) is 15.0 Å². The second-order valence-electron chi connectivity index (χ2n) is 3.03. The standard InChI is InChI=1S/C7H14N2O4/c1-8-7(13)4-6(12)5(11)3(2-10)9-4/h3-6,9-12H,2H2,1H3,(H,8,13)/t3-,4-,5+,6-/m0/s1. The fourth-order valence-corrected chi connectivity index (χ4v) is 1.41. The molecular formula is C7H14N2O4. The average molecular weight is 190 g/mol. The van der Waals surface area contributed by atoms with Crippen molar-refractivity contribution >= 4 is 5.91 Å². The molecule has 4 atom stereocenters. The Morgan fingerprint density at radius 2 is 2.08 bits per heavy atom. The van der Waals surface area contributed by atoms with Crippen molar-refractivity contribution < 1.29 is 20.1 Å². The van der Waals surface area contributed by atoms with Crippen LogP contribution >= 0.6 is 0 Å². The third-order valence-corrected chi connectivity index (χ3v) is 2.22. The first-order chi connectivity index (χ1) is 6.11. The summed E-state index contributed by atoms with van der Waals surface area (Å²) >= 11 is 0. The molecule has 6 nitrogen and oxygen atoms in total. The normalized spacial score (nSPS) is 39.1. The monoisotopic (exact) mass is 190 g/mol. The zero-order chi connectivity index (χ0) is 10.0. The van der Waals surface area contributed by atoms with Crippen LogP contribution in [-0.2, 0) is 4.79 Å². The van der Waals surface area contributed by atoms with Crippen molar-refractivity contribution in [3.63, 3.8) is 0 Å². The maximum atomic E-state index is 11.1. The van der Waals surface area contributed by atoms with E-state index in [1.54, 1.807) is 0 Å². The fourth-order valence-electron chi connectivity index (χ4n) is 1.41. The molecule has 0 radical (unpaired) electrons. The number of aliphatic hydroxyl groups is 3. The predicted octanol–water partition coefficient (Wildman–Crippen LogP) is -3.21. The van der Waals surface area contributed by atoms with Crippen LogP contribution < -0.4 is 10.6 Å². The lowest BCUT2D eigenvalue weighted by Crippen LogP contribution is -2.46. The molecule has 76 valence electrons. The zero-order valence-electron chi connectivity index (χ0n) is 7.27. The Balaban J connectivity index is 2.65. The summed E-state index contributed by atoms with van der Waals surface area (Å²) in [5.41, 5.74) is 0. The molecule has 1 amide bonds. The highest BCUT2D eigenvalue weighted by Gasteiger charge is 2.43. The average Bonchev–Trinajstić information content (AvgIpc) is 2.43. The molecule has 1 fully saturated rings. The van der Waals surface area contributed by atoms with Gasteiger partial charge in [0.05, 0.1) is 18.8 Å². The number of aliphatic hydroxyl groups excluding tert-OH is 3. The third kappa shape index (κ3) is 1.80. The van der Waals surface area contributed by atoms with Gasteiger partial charge in [-0.2, -0.15) is 0 Å². The number of hydrogen-bond donors (Lipinski definition) is 5. The molecule has 0 unspecified atom stereocenters. The van der Waals surface area contributed by atoms with E-state index in [1.165, 1.54) is 7.05 Å². The Morgan fingerprint density at radius 1 is 1.46 bits per heavy atom. The highest BCUT2D eigenvalue weighted by molar-refractivity contribution is 5.82. The molecule has 0 saturated carbocycles. The molecule has 1 aliphatic heterocycles. The number of hydrogen-bond acceptors (Lipinski definition) is 5. The van der Waals surface area contributed by atoms with E-state index in [0.29, 0.717) is 0 Å². The van der Waals surface area contributed by atoms with Gasteiger partial charge in [-0.3, -0.25) is 10.1 Å². The summed E-state index contributed by atoms with van der Waals surface area (Å²) in [7, 11) is 1.44. The largest absolute Gasteiger partial charge is 0.395 e. The molecule has 1 saturated heterocycles. The first kappa shape index (κ1) is 10.4. The third-order valence-electron chi connectivity index (χ3n) is 2.22. The van der Waals surface area contributed by atoms with Crippen LogP contribution in [0, 0.1) is 0 Å². The minimum Gasteiger partial charge on any atom is -0.395 e. The Hall–Kier alpha value is -0.690. The van der Waals surface area contributed by atoms with Crippen LogP contribution in [0.15, 0.2) is 0 Å². The Morgan fingerprint density at radius 3 is 2.46 bits per heavy atom. The van der Waals surface area contributed by atoms with Crippen LogP contribution in [-0.4, -0.2) is 59.2 Å². The molecule has 5 N–H and O–H groups in total. The van der Waals surface area contributed by atoms with E-state index in [4.69, 9.17) is 5.11 Å². The number of rotatable bonds is 2. The van der Waals surface area contributed by atoms with Gasteiger partial charge in [0.15, 0.2) is 0 Å². The molecule has 1 aliphatic rings. The zero-order valence-corrected chi connectivity index (χ0v) is 7.27. The lowest BCUT2D eigenvalue weighted by molar-refractivity contribution is -0.125. The molecule has 1 rings (SSSR count). The molecular weight excluding hydrogens is 176 g/mol. The van der Waals surface area contributed by atoms with Crippen molar-refractivity contribution in [1.29, 1.82) is 0 Å². The molecule has 0 bridgehead atoms. The van der Waals surface area contributed by atoms with E-state index >= 15 is 0 Å². The van der Waals surface area contributed by atoms with Gasteiger partial charge in [0.2, 0.25) is 5.91 Å². The Kier molecular flexibility index (Phi) is 3.21. The Bertz CT molecular complexity index is 199.